The minimum atomic E-state index is -1.38. The van der Waals surface area contributed by atoms with E-state index >= 15 is 0 Å². The maximum Gasteiger partial charge on any atom is 0.0779 e. The highest BCUT2D eigenvalue weighted by molar-refractivity contribution is 6.89. The molecular weight excluding hydrogens is 330 g/mol. The molecule has 26 heavy (non-hydrogen) atoms. The molecular formula is C24H31NSi. The number of pyridine rings is 1. The first-order valence-corrected chi connectivity index (χ1v) is 13.2. The summed E-state index contributed by atoms with van der Waals surface area (Å²) in [5, 5.41) is 2.92. The molecule has 2 heteroatoms. The number of hydrogen-bond donors (Lipinski definition) is 0. The van der Waals surface area contributed by atoms with Gasteiger partial charge in [0.2, 0.25) is 0 Å². The van der Waals surface area contributed by atoms with Gasteiger partial charge in [0.15, 0.2) is 0 Å². The van der Waals surface area contributed by atoms with Gasteiger partial charge >= 0.3 is 0 Å². The quantitative estimate of drug-likeness (QED) is 0.500. The lowest BCUT2D eigenvalue weighted by atomic mass is 9.97. The van der Waals surface area contributed by atoms with Crippen molar-refractivity contribution in [2.45, 2.75) is 53.8 Å². The van der Waals surface area contributed by atoms with Crippen LogP contribution in [0.2, 0.25) is 19.6 Å². The van der Waals surface area contributed by atoms with Crippen molar-refractivity contribution >= 4 is 24.2 Å². The van der Waals surface area contributed by atoms with Gasteiger partial charge in [-0.05, 0) is 56.0 Å². The zero-order valence-electron chi connectivity index (χ0n) is 17.3. The first kappa shape index (κ1) is 18.8. The van der Waals surface area contributed by atoms with Crippen LogP contribution in [0.3, 0.4) is 0 Å². The van der Waals surface area contributed by atoms with E-state index < -0.39 is 8.07 Å². The molecule has 0 unspecified atom stereocenters. The maximum absolute atomic E-state index is 5.03. The number of rotatable bonds is 4. The molecule has 0 atom stereocenters. The highest BCUT2D eigenvalue weighted by Crippen LogP contribution is 2.26. The summed E-state index contributed by atoms with van der Waals surface area (Å²) in [6.45, 7) is 16.2. The molecule has 0 saturated carbocycles. The second-order valence-electron chi connectivity index (χ2n) is 9.08. The summed E-state index contributed by atoms with van der Waals surface area (Å²) in [7, 11) is -1.38. The summed E-state index contributed by atoms with van der Waals surface area (Å²) in [5.41, 5.74) is 7.51. The van der Waals surface area contributed by atoms with Crippen molar-refractivity contribution in [3.05, 3.63) is 59.2 Å². The Kier molecular flexibility index (Phi) is 5.07. The van der Waals surface area contributed by atoms with E-state index in [9.17, 15) is 0 Å². The average Bonchev–Trinajstić information content (AvgIpc) is 2.52. The van der Waals surface area contributed by atoms with Gasteiger partial charge in [0.1, 0.15) is 0 Å². The van der Waals surface area contributed by atoms with Crippen LogP contribution in [0.25, 0.3) is 22.2 Å². The van der Waals surface area contributed by atoms with E-state index in [2.05, 4.69) is 89.8 Å². The molecule has 0 fully saturated rings. The number of benzene rings is 2. The van der Waals surface area contributed by atoms with Crippen molar-refractivity contribution in [2.75, 3.05) is 0 Å². The molecule has 1 heterocycles. The predicted molar refractivity (Wildman–Crippen MR) is 118 cm³/mol. The molecule has 3 aromatic rings. The van der Waals surface area contributed by atoms with Gasteiger partial charge in [0, 0.05) is 10.9 Å². The molecule has 0 aliphatic heterocycles. The highest BCUT2D eigenvalue weighted by atomic mass is 28.3. The number of nitrogens with zero attached hydrogens (tertiary/aromatic N) is 1. The third-order valence-electron chi connectivity index (χ3n) is 4.92. The molecule has 0 aliphatic rings. The Balaban J connectivity index is 2.20. The third-order valence-corrected chi connectivity index (χ3v) is 7.01. The molecule has 0 amide bonds. The van der Waals surface area contributed by atoms with E-state index in [4.69, 9.17) is 4.98 Å². The monoisotopic (exact) mass is 361 g/mol. The van der Waals surface area contributed by atoms with Crippen molar-refractivity contribution in [1.29, 1.82) is 0 Å². The summed E-state index contributed by atoms with van der Waals surface area (Å²) < 4.78 is 0. The second kappa shape index (κ2) is 7.00. The number of aromatic nitrogens is 1. The third kappa shape index (κ3) is 3.91. The van der Waals surface area contributed by atoms with E-state index in [1.54, 1.807) is 5.19 Å². The zero-order chi connectivity index (χ0) is 19.1. The average molecular weight is 362 g/mol. The highest BCUT2D eigenvalue weighted by Gasteiger charge is 2.22. The predicted octanol–water partition coefficient (Wildman–Crippen LogP) is 6.26. The van der Waals surface area contributed by atoms with E-state index in [1.807, 2.05) is 0 Å². The summed E-state index contributed by atoms with van der Waals surface area (Å²) >= 11 is 0. The molecule has 136 valence electrons. The van der Waals surface area contributed by atoms with Gasteiger partial charge in [-0.1, -0.05) is 68.0 Å². The lowest BCUT2D eigenvalue weighted by Crippen LogP contribution is -2.40. The van der Waals surface area contributed by atoms with Gasteiger partial charge in [-0.2, -0.15) is 0 Å². The number of aryl methyl sites for hydroxylation is 2. The van der Waals surface area contributed by atoms with Crippen molar-refractivity contribution in [3.8, 4) is 11.3 Å². The Hall–Kier alpha value is -1.93. The van der Waals surface area contributed by atoms with Gasteiger partial charge in [0.05, 0.1) is 19.3 Å². The Morgan fingerprint density at radius 2 is 1.54 bits per heavy atom. The fourth-order valence-corrected chi connectivity index (χ4v) is 5.60. The van der Waals surface area contributed by atoms with Crippen LogP contribution >= 0.6 is 0 Å². The smallest absolute Gasteiger partial charge is 0.0779 e. The largest absolute Gasteiger partial charge is 0.248 e. The first-order chi connectivity index (χ1) is 12.1. The lowest BCUT2D eigenvalue weighted by molar-refractivity contribution is 0.652. The van der Waals surface area contributed by atoms with Gasteiger partial charge in [-0.25, -0.2) is 4.98 Å². The molecule has 3 rings (SSSR count). The Labute approximate surface area is 159 Å². The standard InChI is InChI=1S/C24H31NSi/c1-16(2)12-21-20-8-9-22(19-14-17(3)13-18(4)15-19)25-23(20)10-11-24(21)26(5,6)7/h8-11,13-16H,12H2,1-7H3. The van der Waals surface area contributed by atoms with Crippen LogP contribution in [-0.4, -0.2) is 13.1 Å². The topological polar surface area (TPSA) is 12.9 Å². The second-order valence-corrected chi connectivity index (χ2v) is 14.1. The molecule has 0 aliphatic carbocycles. The van der Waals surface area contributed by atoms with Gasteiger partial charge in [-0.15, -0.1) is 0 Å². The van der Waals surface area contributed by atoms with Crippen LogP contribution in [-0.2, 0) is 6.42 Å². The van der Waals surface area contributed by atoms with Crippen molar-refractivity contribution in [3.63, 3.8) is 0 Å². The minimum Gasteiger partial charge on any atom is -0.248 e. The van der Waals surface area contributed by atoms with Crippen LogP contribution < -0.4 is 5.19 Å². The summed E-state index contributed by atoms with van der Waals surface area (Å²) in [6.07, 6.45) is 1.13. The minimum absolute atomic E-state index is 0.648. The summed E-state index contributed by atoms with van der Waals surface area (Å²) in [6, 6.07) is 15.8. The molecule has 0 bridgehead atoms. The van der Waals surface area contributed by atoms with Crippen LogP contribution in [0, 0.1) is 19.8 Å². The fraction of sp³-hybridized carbons (Fsp3) is 0.375. The van der Waals surface area contributed by atoms with Crippen LogP contribution in [0.1, 0.15) is 30.5 Å². The molecule has 0 radical (unpaired) electrons. The van der Waals surface area contributed by atoms with Crippen molar-refractivity contribution in [1.82, 2.24) is 4.98 Å². The lowest BCUT2D eigenvalue weighted by Gasteiger charge is -2.24. The molecule has 1 aromatic heterocycles. The van der Waals surface area contributed by atoms with Gasteiger partial charge in [0.25, 0.3) is 0 Å². The van der Waals surface area contributed by atoms with Gasteiger partial charge in [-0.3, -0.25) is 0 Å². The molecule has 1 nitrogen and oxygen atoms in total. The van der Waals surface area contributed by atoms with Crippen LogP contribution in [0.4, 0.5) is 0 Å². The Bertz CT molecular complexity index is 928. The normalized spacial score (nSPS) is 12.2. The maximum atomic E-state index is 5.03. The number of fused-ring (bicyclic) bond motifs is 1. The van der Waals surface area contributed by atoms with E-state index in [-0.39, 0.29) is 0 Å². The van der Waals surface area contributed by atoms with Crippen LogP contribution in [0.5, 0.6) is 0 Å². The van der Waals surface area contributed by atoms with E-state index in [0.717, 1.165) is 17.6 Å². The van der Waals surface area contributed by atoms with E-state index in [0.29, 0.717) is 5.92 Å². The zero-order valence-corrected chi connectivity index (χ0v) is 18.3. The number of hydrogen-bond acceptors (Lipinski definition) is 1. The molecule has 0 saturated heterocycles. The summed E-state index contributed by atoms with van der Waals surface area (Å²) in [5.74, 6) is 0.648. The molecule has 0 N–H and O–H groups in total. The Morgan fingerprint density at radius 3 is 2.12 bits per heavy atom. The Morgan fingerprint density at radius 1 is 0.885 bits per heavy atom. The molecule has 2 aromatic carbocycles. The van der Waals surface area contributed by atoms with Crippen molar-refractivity contribution < 1.29 is 0 Å². The molecule has 0 spiro atoms. The first-order valence-electron chi connectivity index (χ1n) is 9.67. The summed E-state index contributed by atoms with van der Waals surface area (Å²) in [4.78, 5) is 5.03. The fourth-order valence-electron chi connectivity index (χ4n) is 3.88. The van der Waals surface area contributed by atoms with Gasteiger partial charge < -0.3 is 0 Å². The van der Waals surface area contributed by atoms with Crippen molar-refractivity contribution in [2.24, 2.45) is 5.92 Å². The van der Waals surface area contributed by atoms with E-state index in [1.165, 1.54) is 27.6 Å². The van der Waals surface area contributed by atoms with Crippen LogP contribution in [0.15, 0.2) is 42.5 Å². The SMILES string of the molecule is Cc1cc(C)cc(-c2ccc3c(CC(C)C)c([Si](C)(C)C)ccc3n2)c1.